The molecule has 0 radical (unpaired) electrons. The first-order chi connectivity index (χ1) is 15.7. The highest BCUT2D eigenvalue weighted by atomic mass is 127. The van der Waals surface area contributed by atoms with Gasteiger partial charge in [-0.15, -0.1) is 24.0 Å². The minimum absolute atomic E-state index is 0. The summed E-state index contributed by atoms with van der Waals surface area (Å²) in [6.45, 7) is 8.28. The summed E-state index contributed by atoms with van der Waals surface area (Å²) in [6.07, 6.45) is 7.31. The second-order valence-electron chi connectivity index (χ2n) is 9.25. The van der Waals surface area contributed by atoms with Crippen molar-refractivity contribution in [2.45, 2.75) is 50.9 Å². The van der Waals surface area contributed by atoms with E-state index in [1.807, 2.05) is 0 Å². The van der Waals surface area contributed by atoms with E-state index in [9.17, 15) is 0 Å². The van der Waals surface area contributed by atoms with Crippen LogP contribution in [0.25, 0.3) is 0 Å². The fourth-order valence-electron chi connectivity index (χ4n) is 5.20. The highest BCUT2D eigenvalue weighted by molar-refractivity contribution is 14.0. The summed E-state index contributed by atoms with van der Waals surface area (Å²) >= 11 is 0. The molecule has 0 amide bonds. The molecule has 1 aromatic carbocycles. The zero-order valence-corrected chi connectivity index (χ0v) is 22.5. The predicted molar refractivity (Wildman–Crippen MR) is 141 cm³/mol. The molecule has 1 saturated carbocycles. The van der Waals surface area contributed by atoms with Gasteiger partial charge in [0.05, 0.1) is 26.4 Å². The lowest BCUT2D eigenvalue weighted by atomic mass is 9.69. The van der Waals surface area contributed by atoms with Crippen LogP contribution in [0, 0.1) is 5.92 Å². The quantitative estimate of drug-likeness (QED) is 0.207. The summed E-state index contributed by atoms with van der Waals surface area (Å²) in [5, 5.41) is 3.54. The fourth-order valence-corrected chi connectivity index (χ4v) is 5.20. The number of aliphatic imine (C=N–C) groups is 1. The first-order valence-electron chi connectivity index (χ1n) is 12.2. The number of benzene rings is 1. The van der Waals surface area contributed by atoms with Gasteiger partial charge in [0.15, 0.2) is 17.5 Å². The summed E-state index contributed by atoms with van der Waals surface area (Å²) in [4.78, 5) is 7.61. The van der Waals surface area contributed by atoms with E-state index >= 15 is 0 Å². The van der Waals surface area contributed by atoms with Crippen LogP contribution in [0.3, 0.4) is 0 Å². The number of nitrogens with zero attached hydrogens (tertiary/aromatic N) is 2. The van der Waals surface area contributed by atoms with Gasteiger partial charge in [-0.25, -0.2) is 0 Å². The Hall–Kier alpha value is -1.26. The first-order valence-corrected chi connectivity index (χ1v) is 12.2. The van der Waals surface area contributed by atoms with Crippen LogP contribution < -0.4 is 14.8 Å². The Morgan fingerprint density at radius 2 is 2.00 bits per heavy atom. The number of fused-ring (bicyclic) bond motifs is 1. The Morgan fingerprint density at radius 3 is 2.79 bits per heavy atom. The minimum Gasteiger partial charge on any atom is -0.454 e. The van der Waals surface area contributed by atoms with E-state index < -0.39 is 0 Å². The maximum Gasteiger partial charge on any atom is 0.231 e. The Balaban J connectivity index is 0.00000306. The largest absolute Gasteiger partial charge is 0.454 e. The van der Waals surface area contributed by atoms with Crippen molar-refractivity contribution >= 4 is 29.9 Å². The molecule has 0 bridgehead atoms. The maximum atomic E-state index is 5.78. The Labute approximate surface area is 215 Å². The van der Waals surface area contributed by atoms with Crippen LogP contribution in [0.4, 0.5) is 0 Å². The monoisotopic (exact) mass is 573 g/mol. The molecule has 1 unspecified atom stereocenters. The molecular formula is C25H40IN3O4. The van der Waals surface area contributed by atoms with E-state index in [1.165, 1.54) is 37.7 Å². The molecule has 33 heavy (non-hydrogen) atoms. The summed E-state index contributed by atoms with van der Waals surface area (Å²) < 4.78 is 22.1. The third-order valence-corrected chi connectivity index (χ3v) is 7.03. The second kappa shape index (κ2) is 13.0. The molecule has 0 aromatic heterocycles. The van der Waals surface area contributed by atoms with Crippen molar-refractivity contribution in [3.05, 3.63) is 23.8 Å². The third kappa shape index (κ3) is 6.66. The van der Waals surface area contributed by atoms with Crippen molar-refractivity contribution < 1.29 is 18.9 Å². The number of likely N-dealkylation sites (tertiary alicyclic amines) is 1. The molecule has 3 aliphatic rings. The number of hydrogen-bond donors (Lipinski definition) is 1. The number of methoxy groups -OCH3 is 1. The van der Waals surface area contributed by atoms with Gasteiger partial charge in [0, 0.05) is 38.1 Å². The molecule has 1 saturated heterocycles. The van der Waals surface area contributed by atoms with Crippen molar-refractivity contribution in [2.24, 2.45) is 10.9 Å². The molecule has 0 spiro atoms. The average molecular weight is 574 g/mol. The summed E-state index contributed by atoms with van der Waals surface area (Å²) in [5.74, 6) is 3.32. The molecule has 1 atom stereocenters. The molecule has 1 N–H and O–H groups in total. The van der Waals surface area contributed by atoms with Crippen LogP contribution in [0.15, 0.2) is 23.2 Å². The summed E-state index contributed by atoms with van der Waals surface area (Å²) in [6, 6.07) is 6.49. The molecule has 8 heteroatoms. The molecule has 1 aromatic rings. The lowest BCUT2D eigenvalue weighted by Crippen LogP contribution is -2.42. The van der Waals surface area contributed by atoms with Crippen LogP contribution in [0.1, 0.15) is 51.0 Å². The van der Waals surface area contributed by atoms with E-state index in [-0.39, 0.29) is 29.4 Å². The van der Waals surface area contributed by atoms with Gasteiger partial charge in [0.2, 0.25) is 6.79 Å². The van der Waals surface area contributed by atoms with Gasteiger partial charge in [0.25, 0.3) is 0 Å². The lowest BCUT2D eigenvalue weighted by Gasteiger charge is -2.37. The highest BCUT2D eigenvalue weighted by Crippen LogP contribution is 2.43. The first kappa shape index (κ1) is 26.3. The molecule has 7 nitrogen and oxygen atoms in total. The molecule has 2 aliphatic heterocycles. The molecule has 1 aliphatic carbocycles. The Bertz CT molecular complexity index is 770. The van der Waals surface area contributed by atoms with Crippen molar-refractivity contribution in [3.8, 4) is 11.5 Å². The van der Waals surface area contributed by atoms with E-state index in [2.05, 4.69) is 35.3 Å². The number of hydrogen-bond acceptors (Lipinski definition) is 5. The number of nitrogens with one attached hydrogen (secondary N) is 1. The Kier molecular flexibility index (Phi) is 10.4. The van der Waals surface area contributed by atoms with Gasteiger partial charge in [-0.05, 0) is 43.9 Å². The normalized spacial score (nSPS) is 21.7. The topological polar surface area (TPSA) is 64.6 Å². The molecular weight excluding hydrogens is 533 g/mol. The lowest BCUT2D eigenvalue weighted by molar-refractivity contribution is 0.0536. The average Bonchev–Trinajstić information content (AvgIpc) is 3.49. The number of halogens is 1. The van der Waals surface area contributed by atoms with Gasteiger partial charge in [-0.2, -0.15) is 0 Å². The number of guanidine groups is 1. The van der Waals surface area contributed by atoms with Crippen molar-refractivity contribution in [1.29, 1.82) is 0 Å². The third-order valence-electron chi connectivity index (χ3n) is 7.03. The van der Waals surface area contributed by atoms with Gasteiger partial charge in [-0.3, -0.25) is 4.99 Å². The molecule has 4 rings (SSSR count). The van der Waals surface area contributed by atoms with Gasteiger partial charge in [0.1, 0.15) is 0 Å². The molecule has 2 heterocycles. The zero-order valence-electron chi connectivity index (χ0n) is 20.1. The standard InChI is InChI=1S/C25H39N3O4.HI/c1-3-26-24(28-12-9-20(16-28)17-30-14-13-29-2)27-18-25(10-5-4-6-11-25)21-7-8-22-23(15-21)32-19-31-22;/h7-8,15,20H,3-6,9-14,16-19H2,1-2H3,(H,26,27);1H. The smallest absolute Gasteiger partial charge is 0.231 e. The van der Waals surface area contributed by atoms with E-state index in [4.69, 9.17) is 23.9 Å². The van der Waals surface area contributed by atoms with Crippen molar-refractivity contribution in [1.82, 2.24) is 10.2 Å². The van der Waals surface area contributed by atoms with Crippen LogP contribution in [-0.2, 0) is 14.9 Å². The Morgan fingerprint density at radius 1 is 1.18 bits per heavy atom. The second-order valence-corrected chi connectivity index (χ2v) is 9.25. The van der Waals surface area contributed by atoms with E-state index in [1.54, 1.807) is 7.11 Å². The zero-order chi connectivity index (χ0) is 22.2. The van der Waals surface area contributed by atoms with Crippen LogP contribution in [-0.4, -0.2) is 70.8 Å². The van der Waals surface area contributed by atoms with Crippen LogP contribution in [0.5, 0.6) is 11.5 Å². The van der Waals surface area contributed by atoms with Crippen LogP contribution >= 0.6 is 24.0 Å². The molecule has 186 valence electrons. The summed E-state index contributed by atoms with van der Waals surface area (Å²) in [5.41, 5.74) is 1.41. The fraction of sp³-hybridized carbons (Fsp3) is 0.720. The van der Waals surface area contributed by atoms with Crippen LogP contribution in [0.2, 0.25) is 0 Å². The minimum atomic E-state index is 0. The molecule has 2 fully saturated rings. The van der Waals surface area contributed by atoms with E-state index in [0.717, 1.165) is 56.7 Å². The van der Waals surface area contributed by atoms with Gasteiger partial charge >= 0.3 is 0 Å². The van der Waals surface area contributed by atoms with Gasteiger partial charge in [-0.1, -0.05) is 25.3 Å². The van der Waals surface area contributed by atoms with E-state index in [0.29, 0.717) is 25.9 Å². The van der Waals surface area contributed by atoms with Gasteiger partial charge < -0.3 is 29.2 Å². The SMILES string of the molecule is CCNC(=NCC1(c2ccc3c(c2)OCO3)CCCCC1)N1CCC(COCCOC)C1.I. The van der Waals surface area contributed by atoms with Crippen molar-refractivity contribution in [2.75, 3.05) is 59.9 Å². The number of ether oxygens (including phenoxy) is 4. The highest BCUT2D eigenvalue weighted by Gasteiger charge is 2.35. The maximum absolute atomic E-state index is 5.78. The number of rotatable bonds is 9. The predicted octanol–water partition coefficient (Wildman–Crippen LogP) is 4.19. The summed E-state index contributed by atoms with van der Waals surface area (Å²) in [7, 11) is 1.71. The van der Waals surface area contributed by atoms with Crippen molar-refractivity contribution in [3.63, 3.8) is 0 Å².